The fourth-order valence-corrected chi connectivity index (χ4v) is 3.36. The monoisotopic (exact) mass is 364 g/mol. The average molecular weight is 364 g/mol. The number of aromatic nitrogens is 2. The van der Waals surface area contributed by atoms with Gasteiger partial charge in [0, 0.05) is 22.4 Å². The molecule has 0 bridgehead atoms. The minimum absolute atomic E-state index is 0.382. The van der Waals surface area contributed by atoms with Crippen molar-refractivity contribution in [2.45, 2.75) is 0 Å². The summed E-state index contributed by atoms with van der Waals surface area (Å²) in [5.41, 5.74) is 3.20. The third-order valence-corrected chi connectivity index (χ3v) is 4.71. The molecular weight excluding hydrogens is 348 g/mol. The first kappa shape index (κ1) is 16.3. The topological polar surface area (TPSA) is 55.0 Å². The molecule has 5 rings (SSSR count). The van der Waals surface area contributed by atoms with E-state index < -0.39 is 0 Å². The lowest BCUT2D eigenvalue weighted by Gasteiger charge is -2.08. The van der Waals surface area contributed by atoms with Crippen molar-refractivity contribution in [1.82, 2.24) is 9.97 Å². The zero-order valence-corrected chi connectivity index (χ0v) is 14.9. The fourth-order valence-electron chi connectivity index (χ4n) is 3.36. The van der Waals surface area contributed by atoms with Gasteiger partial charge in [0.15, 0.2) is 0 Å². The number of hydrogen-bond donors (Lipinski definition) is 1. The number of fused-ring (bicyclic) bond motifs is 3. The van der Waals surface area contributed by atoms with Gasteiger partial charge in [0.1, 0.15) is 11.6 Å². The molecule has 0 saturated carbocycles. The Morgan fingerprint density at radius 3 is 2.18 bits per heavy atom. The molecule has 0 saturated heterocycles. The van der Waals surface area contributed by atoms with E-state index in [4.69, 9.17) is 9.72 Å². The zero-order chi connectivity index (χ0) is 18.9. The molecule has 5 aromatic rings. The second-order valence-corrected chi connectivity index (χ2v) is 6.52. The van der Waals surface area contributed by atoms with Crippen LogP contribution in [0.2, 0.25) is 0 Å². The highest BCUT2D eigenvalue weighted by atomic mass is 16.5. The largest absolute Gasteiger partial charge is 0.422 e. The highest BCUT2D eigenvalue weighted by Crippen LogP contribution is 2.34. The van der Waals surface area contributed by atoms with E-state index in [1.54, 1.807) is 12.1 Å². The summed E-state index contributed by atoms with van der Waals surface area (Å²) in [4.78, 5) is 20.7. The Balaban J connectivity index is 1.65. The van der Waals surface area contributed by atoms with Gasteiger partial charge in [0.05, 0.1) is 16.6 Å². The van der Waals surface area contributed by atoms with Crippen molar-refractivity contribution in [3.05, 3.63) is 96.6 Å². The number of ether oxygens (including phenoxy) is 1. The van der Waals surface area contributed by atoms with Crippen molar-refractivity contribution in [3.8, 4) is 17.1 Å². The normalized spacial score (nSPS) is 11.0. The van der Waals surface area contributed by atoms with E-state index in [0.29, 0.717) is 11.3 Å². The molecule has 0 radical (unpaired) electrons. The van der Waals surface area contributed by atoms with Gasteiger partial charge < -0.3 is 9.72 Å². The molecule has 0 aliphatic heterocycles. The molecule has 0 unspecified atom stereocenters. The van der Waals surface area contributed by atoms with Gasteiger partial charge in [0.2, 0.25) is 0 Å². The average Bonchev–Trinajstić information content (AvgIpc) is 3.19. The number of imidazole rings is 1. The molecule has 0 aliphatic rings. The maximum absolute atomic E-state index is 12.6. The minimum atomic E-state index is -0.382. The van der Waals surface area contributed by atoms with Crippen molar-refractivity contribution >= 4 is 27.8 Å². The molecule has 4 aromatic carbocycles. The van der Waals surface area contributed by atoms with E-state index >= 15 is 0 Å². The molecule has 0 fully saturated rings. The zero-order valence-electron chi connectivity index (χ0n) is 14.9. The van der Waals surface area contributed by atoms with Gasteiger partial charge in [-0.15, -0.1) is 0 Å². The number of rotatable bonds is 3. The van der Waals surface area contributed by atoms with Crippen LogP contribution >= 0.6 is 0 Å². The van der Waals surface area contributed by atoms with Crippen molar-refractivity contribution in [1.29, 1.82) is 0 Å². The maximum atomic E-state index is 12.6. The number of hydrogen-bond acceptors (Lipinski definition) is 3. The summed E-state index contributed by atoms with van der Waals surface area (Å²) < 4.78 is 5.75. The second-order valence-electron chi connectivity index (χ2n) is 6.52. The minimum Gasteiger partial charge on any atom is -0.422 e. The molecule has 28 heavy (non-hydrogen) atoms. The molecule has 0 amide bonds. The third kappa shape index (κ3) is 2.81. The number of nitrogens with one attached hydrogen (secondary N) is 1. The number of carbonyl (C=O) groups excluding carboxylic acids is 1. The Morgan fingerprint density at radius 1 is 0.786 bits per heavy atom. The Kier molecular flexibility index (Phi) is 3.87. The first-order chi connectivity index (χ1) is 13.8. The van der Waals surface area contributed by atoms with Crippen molar-refractivity contribution < 1.29 is 9.53 Å². The van der Waals surface area contributed by atoms with E-state index in [0.717, 1.165) is 33.2 Å². The van der Waals surface area contributed by atoms with Crippen LogP contribution in [-0.4, -0.2) is 15.9 Å². The van der Waals surface area contributed by atoms with Gasteiger partial charge in [-0.05, 0) is 12.1 Å². The summed E-state index contributed by atoms with van der Waals surface area (Å²) in [6.45, 7) is 0. The number of nitrogens with zero attached hydrogens (tertiary/aromatic N) is 1. The number of benzene rings is 4. The summed E-state index contributed by atoms with van der Waals surface area (Å²) in [7, 11) is 0. The predicted molar refractivity (Wildman–Crippen MR) is 110 cm³/mol. The summed E-state index contributed by atoms with van der Waals surface area (Å²) in [5.74, 6) is 0.917. The van der Waals surface area contributed by atoms with Gasteiger partial charge in [-0.1, -0.05) is 72.8 Å². The Hall–Kier alpha value is -3.92. The van der Waals surface area contributed by atoms with Crippen LogP contribution in [0.15, 0.2) is 91.0 Å². The maximum Gasteiger partial charge on any atom is 0.343 e. The van der Waals surface area contributed by atoms with Gasteiger partial charge >= 0.3 is 5.97 Å². The highest BCUT2D eigenvalue weighted by Gasteiger charge is 2.15. The molecule has 4 nitrogen and oxygen atoms in total. The lowest BCUT2D eigenvalue weighted by atomic mass is 10.1. The van der Waals surface area contributed by atoms with E-state index in [1.165, 1.54) is 0 Å². The fraction of sp³-hybridized carbons (Fsp3) is 0. The molecule has 1 heterocycles. The molecule has 1 N–H and O–H groups in total. The van der Waals surface area contributed by atoms with Gasteiger partial charge in [-0.2, -0.15) is 0 Å². The quantitative estimate of drug-likeness (QED) is 0.335. The summed E-state index contributed by atoms with van der Waals surface area (Å²) in [6.07, 6.45) is 0. The van der Waals surface area contributed by atoms with Crippen molar-refractivity contribution in [2.75, 3.05) is 0 Å². The highest BCUT2D eigenvalue weighted by molar-refractivity contribution is 6.09. The van der Waals surface area contributed by atoms with E-state index in [2.05, 4.69) is 4.98 Å². The van der Waals surface area contributed by atoms with Crippen LogP contribution < -0.4 is 4.74 Å². The van der Waals surface area contributed by atoms with Crippen LogP contribution in [0.5, 0.6) is 5.75 Å². The molecule has 1 aromatic heterocycles. The van der Waals surface area contributed by atoms with Crippen LogP contribution in [0, 0.1) is 0 Å². The third-order valence-electron chi connectivity index (χ3n) is 4.71. The Labute approximate surface area is 161 Å². The van der Waals surface area contributed by atoms with Crippen LogP contribution in [0.4, 0.5) is 0 Å². The van der Waals surface area contributed by atoms with E-state index in [-0.39, 0.29) is 5.97 Å². The smallest absolute Gasteiger partial charge is 0.343 e. The van der Waals surface area contributed by atoms with Gasteiger partial charge in [0.25, 0.3) is 0 Å². The molecule has 4 heteroatoms. The molecule has 0 aliphatic carbocycles. The van der Waals surface area contributed by atoms with Crippen molar-refractivity contribution in [2.24, 2.45) is 0 Å². The summed E-state index contributed by atoms with van der Waals surface area (Å²) in [6, 6.07) is 28.6. The Morgan fingerprint density at radius 2 is 1.43 bits per heavy atom. The second kappa shape index (κ2) is 6.67. The first-order valence-electron chi connectivity index (χ1n) is 9.04. The molecule has 0 spiro atoms. The Bertz CT molecular complexity index is 1290. The number of aromatic amines is 1. The predicted octanol–water partition coefficient (Wildman–Crippen LogP) is 5.60. The SMILES string of the molecule is O=C(Oc1cc2[nH]c(-c3ccccc3)nc2c2ccccc12)c1ccccc1. The van der Waals surface area contributed by atoms with Gasteiger partial charge in [-0.3, -0.25) is 0 Å². The van der Waals surface area contributed by atoms with Crippen LogP contribution in [0.25, 0.3) is 33.2 Å². The van der Waals surface area contributed by atoms with E-state index in [9.17, 15) is 4.79 Å². The number of esters is 1. The lowest BCUT2D eigenvalue weighted by molar-refractivity contribution is 0.0737. The number of carbonyl (C=O) groups is 1. The van der Waals surface area contributed by atoms with Crippen LogP contribution in [0.1, 0.15) is 10.4 Å². The molecule has 0 atom stereocenters. The van der Waals surface area contributed by atoms with E-state index in [1.807, 2.05) is 78.9 Å². The number of H-pyrrole nitrogens is 1. The van der Waals surface area contributed by atoms with Crippen LogP contribution in [0.3, 0.4) is 0 Å². The molecular formula is C24H16N2O2. The summed E-state index contributed by atoms with van der Waals surface area (Å²) >= 11 is 0. The molecule has 134 valence electrons. The first-order valence-corrected chi connectivity index (χ1v) is 9.04. The van der Waals surface area contributed by atoms with Gasteiger partial charge in [-0.25, -0.2) is 9.78 Å². The van der Waals surface area contributed by atoms with Crippen molar-refractivity contribution in [3.63, 3.8) is 0 Å². The van der Waals surface area contributed by atoms with Crippen LogP contribution in [-0.2, 0) is 0 Å². The lowest BCUT2D eigenvalue weighted by Crippen LogP contribution is -2.08. The summed E-state index contributed by atoms with van der Waals surface area (Å²) in [5, 5.41) is 1.79. The standard InChI is InChI=1S/C24H16N2O2/c27-24(17-11-5-2-6-12-17)28-21-15-20-22(19-14-8-7-13-18(19)21)26-23(25-20)16-9-3-1-4-10-16/h1-15H,(H,25,26).